The van der Waals surface area contributed by atoms with E-state index in [0.717, 1.165) is 0 Å². The Morgan fingerprint density at radius 3 is 2.42 bits per heavy atom. The molecule has 2 saturated heterocycles. The van der Waals surface area contributed by atoms with Crippen LogP contribution in [0.2, 0.25) is 0 Å². The molecule has 3 heteroatoms. The van der Waals surface area contributed by atoms with Gasteiger partial charge in [-0.3, -0.25) is 4.90 Å². The standard InChI is InChI=1S/C16H31N3/c1-2-7-16(8-3-1)15-17-9-14-19(16)13-6-12-18-10-4-5-11-18/h17H,1-15H2. The zero-order chi connectivity index (χ0) is 13.0. The summed E-state index contributed by atoms with van der Waals surface area (Å²) in [5.74, 6) is 0. The van der Waals surface area contributed by atoms with Crippen molar-refractivity contribution in [3.05, 3.63) is 0 Å². The topological polar surface area (TPSA) is 18.5 Å². The minimum atomic E-state index is 0.529. The van der Waals surface area contributed by atoms with Crippen molar-refractivity contribution in [2.75, 3.05) is 45.8 Å². The lowest BCUT2D eigenvalue weighted by Crippen LogP contribution is -2.62. The molecule has 0 radical (unpaired) electrons. The zero-order valence-corrected chi connectivity index (χ0v) is 12.5. The summed E-state index contributed by atoms with van der Waals surface area (Å²) in [5.41, 5.74) is 0.529. The van der Waals surface area contributed by atoms with Crippen molar-refractivity contribution < 1.29 is 0 Å². The van der Waals surface area contributed by atoms with E-state index >= 15 is 0 Å². The first-order valence-electron chi connectivity index (χ1n) is 8.57. The van der Waals surface area contributed by atoms with Gasteiger partial charge in [-0.1, -0.05) is 19.3 Å². The number of hydrogen-bond acceptors (Lipinski definition) is 3. The van der Waals surface area contributed by atoms with Gasteiger partial charge in [-0.05, 0) is 51.7 Å². The highest BCUT2D eigenvalue weighted by atomic mass is 15.3. The van der Waals surface area contributed by atoms with Gasteiger partial charge < -0.3 is 10.2 Å². The van der Waals surface area contributed by atoms with E-state index in [1.807, 2.05) is 0 Å². The van der Waals surface area contributed by atoms with Crippen molar-refractivity contribution in [3.63, 3.8) is 0 Å². The van der Waals surface area contributed by atoms with Gasteiger partial charge in [0.05, 0.1) is 0 Å². The van der Waals surface area contributed by atoms with Crippen LogP contribution in [0.4, 0.5) is 0 Å². The van der Waals surface area contributed by atoms with Gasteiger partial charge in [-0.25, -0.2) is 0 Å². The number of likely N-dealkylation sites (tertiary alicyclic amines) is 1. The van der Waals surface area contributed by atoms with Crippen molar-refractivity contribution in [3.8, 4) is 0 Å². The van der Waals surface area contributed by atoms with Crippen LogP contribution in [0.3, 0.4) is 0 Å². The van der Waals surface area contributed by atoms with Crippen LogP contribution in [-0.2, 0) is 0 Å². The van der Waals surface area contributed by atoms with Gasteiger partial charge >= 0.3 is 0 Å². The molecule has 3 fully saturated rings. The average molecular weight is 265 g/mol. The van der Waals surface area contributed by atoms with Crippen molar-refractivity contribution >= 4 is 0 Å². The molecule has 0 aromatic carbocycles. The maximum atomic E-state index is 3.65. The Morgan fingerprint density at radius 2 is 1.63 bits per heavy atom. The van der Waals surface area contributed by atoms with Crippen LogP contribution < -0.4 is 5.32 Å². The fourth-order valence-corrected chi connectivity index (χ4v) is 4.43. The maximum Gasteiger partial charge on any atom is 0.0334 e. The van der Waals surface area contributed by atoms with E-state index in [0.29, 0.717) is 5.54 Å². The first kappa shape index (κ1) is 13.8. The molecule has 1 spiro atoms. The lowest BCUT2D eigenvalue weighted by atomic mass is 9.79. The zero-order valence-electron chi connectivity index (χ0n) is 12.5. The molecule has 0 bridgehead atoms. The van der Waals surface area contributed by atoms with Gasteiger partial charge in [-0.15, -0.1) is 0 Å². The Labute approximate surface area is 118 Å². The average Bonchev–Trinajstić information content (AvgIpc) is 2.95. The molecule has 1 aliphatic carbocycles. The Kier molecular flexibility index (Phi) is 4.78. The largest absolute Gasteiger partial charge is 0.314 e. The second kappa shape index (κ2) is 6.55. The molecule has 0 aromatic heterocycles. The summed E-state index contributed by atoms with van der Waals surface area (Å²) in [6.07, 6.45) is 11.5. The molecule has 3 rings (SSSR count). The molecule has 1 saturated carbocycles. The highest BCUT2D eigenvalue weighted by molar-refractivity contribution is 4.97. The Bertz CT molecular complexity index is 259. The first-order valence-corrected chi connectivity index (χ1v) is 8.57. The summed E-state index contributed by atoms with van der Waals surface area (Å²) < 4.78 is 0. The third-order valence-corrected chi connectivity index (χ3v) is 5.57. The number of hydrogen-bond donors (Lipinski definition) is 1. The smallest absolute Gasteiger partial charge is 0.0334 e. The fourth-order valence-electron chi connectivity index (χ4n) is 4.43. The number of rotatable bonds is 4. The lowest BCUT2D eigenvalue weighted by molar-refractivity contribution is 0.0251. The highest BCUT2D eigenvalue weighted by Crippen LogP contribution is 2.34. The van der Waals surface area contributed by atoms with E-state index in [1.165, 1.54) is 97.2 Å². The quantitative estimate of drug-likeness (QED) is 0.839. The normalized spacial score (nSPS) is 29.1. The first-order chi connectivity index (χ1) is 9.39. The predicted octanol–water partition coefficient (Wildman–Crippen LogP) is 2.08. The molecule has 0 unspecified atom stereocenters. The Balaban J connectivity index is 1.49. The van der Waals surface area contributed by atoms with Crippen molar-refractivity contribution in [2.45, 2.75) is 56.9 Å². The minimum absolute atomic E-state index is 0.529. The second-order valence-electron chi connectivity index (χ2n) is 6.85. The molecule has 2 heterocycles. The van der Waals surface area contributed by atoms with E-state index in [9.17, 15) is 0 Å². The van der Waals surface area contributed by atoms with Gasteiger partial charge in [0.25, 0.3) is 0 Å². The molecule has 3 nitrogen and oxygen atoms in total. The highest BCUT2D eigenvalue weighted by Gasteiger charge is 2.39. The summed E-state index contributed by atoms with van der Waals surface area (Å²) in [6.45, 7) is 9.10. The van der Waals surface area contributed by atoms with Gasteiger partial charge in [0, 0.05) is 31.7 Å². The van der Waals surface area contributed by atoms with Crippen LogP contribution >= 0.6 is 0 Å². The molecule has 3 aliphatic rings. The predicted molar refractivity (Wildman–Crippen MR) is 80.5 cm³/mol. The second-order valence-corrected chi connectivity index (χ2v) is 6.85. The van der Waals surface area contributed by atoms with Crippen LogP contribution in [0.25, 0.3) is 0 Å². The lowest BCUT2D eigenvalue weighted by Gasteiger charge is -2.50. The number of nitrogens with one attached hydrogen (secondary N) is 1. The molecule has 110 valence electrons. The summed E-state index contributed by atoms with van der Waals surface area (Å²) in [6, 6.07) is 0. The molecular weight excluding hydrogens is 234 g/mol. The van der Waals surface area contributed by atoms with Crippen molar-refractivity contribution in [1.29, 1.82) is 0 Å². The summed E-state index contributed by atoms with van der Waals surface area (Å²) in [7, 11) is 0. The van der Waals surface area contributed by atoms with Gasteiger partial charge in [-0.2, -0.15) is 0 Å². The Hall–Kier alpha value is -0.120. The van der Waals surface area contributed by atoms with Crippen LogP contribution in [0.5, 0.6) is 0 Å². The Morgan fingerprint density at radius 1 is 0.842 bits per heavy atom. The van der Waals surface area contributed by atoms with Crippen LogP contribution in [-0.4, -0.2) is 61.2 Å². The molecular formula is C16H31N3. The van der Waals surface area contributed by atoms with E-state index < -0.39 is 0 Å². The molecule has 2 aliphatic heterocycles. The van der Waals surface area contributed by atoms with Crippen LogP contribution in [0, 0.1) is 0 Å². The summed E-state index contributed by atoms with van der Waals surface area (Å²) in [5, 5.41) is 3.65. The van der Waals surface area contributed by atoms with Crippen LogP contribution in [0.15, 0.2) is 0 Å². The van der Waals surface area contributed by atoms with Gasteiger partial charge in [0.15, 0.2) is 0 Å². The van der Waals surface area contributed by atoms with E-state index in [4.69, 9.17) is 0 Å². The SMILES string of the molecule is C1CCC2(CC1)CNCCN2CCCN1CCCC1. The molecule has 0 aromatic rings. The van der Waals surface area contributed by atoms with Gasteiger partial charge in [0.1, 0.15) is 0 Å². The molecule has 1 N–H and O–H groups in total. The summed E-state index contributed by atoms with van der Waals surface area (Å²) >= 11 is 0. The minimum Gasteiger partial charge on any atom is -0.314 e. The van der Waals surface area contributed by atoms with Crippen molar-refractivity contribution in [1.82, 2.24) is 15.1 Å². The summed E-state index contributed by atoms with van der Waals surface area (Å²) in [4.78, 5) is 5.51. The third-order valence-electron chi connectivity index (χ3n) is 5.57. The monoisotopic (exact) mass is 265 g/mol. The maximum absolute atomic E-state index is 3.65. The fraction of sp³-hybridized carbons (Fsp3) is 1.00. The number of nitrogens with zero attached hydrogens (tertiary/aromatic N) is 2. The molecule has 19 heavy (non-hydrogen) atoms. The van der Waals surface area contributed by atoms with E-state index in [-0.39, 0.29) is 0 Å². The van der Waals surface area contributed by atoms with E-state index in [1.54, 1.807) is 0 Å². The van der Waals surface area contributed by atoms with E-state index in [2.05, 4.69) is 15.1 Å². The number of piperazine rings is 1. The molecule has 0 atom stereocenters. The van der Waals surface area contributed by atoms with Crippen LogP contribution in [0.1, 0.15) is 51.4 Å². The third kappa shape index (κ3) is 3.32. The van der Waals surface area contributed by atoms with Crippen molar-refractivity contribution in [2.24, 2.45) is 0 Å². The molecule has 0 amide bonds. The van der Waals surface area contributed by atoms with Gasteiger partial charge in [0.2, 0.25) is 0 Å².